The van der Waals surface area contributed by atoms with Crippen LogP contribution in [0.4, 0.5) is 0 Å². The van der Waals surface area contributed by atoms with Crippen molar-refractivity contribution in [3.8, 4) is 0 Å². The molecule has 0 unspecified atom stereocenters. The van der Waals surface area contributed by atoms with E-state index in [0.29, 0.717) is 0 Å². The lowest BCUT2D eigenvalue weighted by Gasteiger charge is -1.94. The van der Waals surface area contributed by atoms with Gasteiger partial charge in [0.15, 0.2) is 0 Å². The van der Waals surface area contributed by atoms with Crippen LogP contribution in [0.5, 0.6) is 0 Å². The van der Waals surface area contributed by atoms with E-state index in [1.165, 1.54) is 0 Å². The minimum atomic E-state index is -1.53. The molecule has 12 heteroatoms. The summed E-state index contributed by atoms with van der Waals surface area (Å²) in [4.78, 5) is 7.48. The summed E-state index contributed by atoms with van der Waals surface area (Å²) in [6.45, 7) is 0. The van der Waals surface area contributed by atoms with E-state index in [9.17, 15) is 8.42 Å². The van der Waals surface area contributed by atoms with Gasteiger partial charge in [0.25, 0.3) is 0 Å². The second-order valence-electron chi connectivity index (χ2n) is 2.47. The molecule has 2 atom stereocenters. The lowest BCUT2D eigenvalue weighted by molar-refractivity contribution is 0.678. The molecule has 0 saturated heterocycles. The van der Waals surface area contributed by atoms with Crippen molar-refractivity contribution < 1.29 is 8.42 Å². The zero-order valence-electron chi connectivity index (χ0n) is 7.70. The summed E-state index contributed by atoms with van der Waals surface area (Å²) in [5.41, 5.74) is 0. The molecular formula is C5H2Cl2N4O2S4. The molecule has 2 heterocycles. The third-order valence-electron chi connectivity index (χ3n) is 1.37. The molecule has 2 aromatic heterocycles. The van der Waals surface area contributed by atoms with E-state index in [4.69, 9.17) is 23.2 Å². The number of hydrogen-bond donors (Lipinski definition) is 0. The van der Waals surface area contributed by atoms with Gasteiger partial charge in [0, 0.05) is 0 Å². The summed E-state index contributed by atoms with van der Waals surface area (Å²) in [6, 6.07) is 0. The largest absolute Gasteiger partial charge is 0.251 e. The number of nitrogens with zero attached hydrogens (tertiary/aromatic N) is 4. The first-order chi connectivity index (χ1) is 8.06. The Bertz CT molecular complexity index is 534. The molecular weight excluding hydrogens is 347 g/mol. The van der Waals surface area contributed by atoms with Crippen LogP contribution in [0.1, 0.15) is 0 Å². The molecule has 0 saturated carbocycles. The molecule has 17 heavy (non-hydrogen) atoms. The molecule has 0 aliphatic heterocycles. The summed E-state index contributed by atoms with van der Waals surface area (Å²) < 4.78 is 31.3. The fourth-order valence-corrected chi connectivity index (χ4v) is 5.70. The molecule has 92 valence electrons. The summed E-state index contributed by atoms with van der Waals surface area (Å²) in [5, 5.41) is -0.0667. The standard InChI is InChI=1S/C5H2Cl2N4O2S4/c6-2-8-4(14-10-2)16(12)1-17(13)5-9-3(7)11-15-5/h1H2/t16-,17+. The van der Waals surface area contributed by atoms with Crippen molar-refractivity contribution in [3.63, 3.8) is 0 Å². The molecule has 0 aliphatic rings. The first-order valence-corrected chi connectivity index (χ1v) is 8.75. The fraction of sp³-hybridized carbons (Fsp3) is 0.200. The Labute approximate surface area is 119 Å². The molecule has 0 aromatic carbocycles. The van der Waals surface area contributed by atoms with Crippen molar-refractivity contribution >= 4 is 67.9 Å². The summed E-state index contributed by atoms with van der Waals surface area (Å²) in [6.07, 6.45) is 0. The van der Waals surface area contributed by atoms with Crippen molar-refractivity contribution in [2.24, 2.45) is 0 Å². The van der Waals surface area contributed by atoms with Gasteiger partial charge >= 0.3 is 0 Å². The van der Waals surface area contributed by atoms with Gasteiger partial charge in [0.2, 0.25) is 19.2 Å². The third kappa shape index (κ3) is 3.48. The van der Waals surface area contributed by atoms with E-state index in [1.54, 1.807) is 0 Å². The topological polar surface area (TPSA) is 85.7 Å². The first kappa shape index (κ1) is 13.4. The van der Waals surface area contributed by atoms with Crippen LogP contribution in [0.15, 0.2) is 8.68 Å². The van der Waals surface area contributed by atoms with Gasteiger partial charge in [0.1, 0.15) is 5.08 Å². The molecule has 0 bridgehead atoms. The Balaban J connectivity index is 2.07. The van der Waals surface area contributed by atoms with E-state index in [0.717, 1.165) is 23.1 Å². The third-order valence-corrected chi connectivity index (χ3v) is 7.17. The molecule has 2 aromatic rings. The minimum Gasteiger partial charge on any atom is -0.251 e. The van der Waals surface area contributed by atoms with Gasteiger partial charge in [-0.1, -0.05) is 0 Å². The van der Waals surface area contributed by atoms with Crippen LogP contribution in [-0.4, -0.2) is 32.2 Å². The molecule has 0 fully saturated rings. The molecule has 0 spiro atoms. The maximum atomic E-state index is 11.7. The Morgan fingerprint density at radius 2 is 1.35 bits per heavy atom. The van der Waals surface area contributed by atoms with Crippen LogP contribution < -0.4 is 0 Å². The predicted molar refractivity (Wildman–Crippen MR) is 67.5 cm³/mol. The average molecular weight is 349 g/mol. The van der Waals surface area contributed by atoms with Crippen molar-refractivity contribution in [2.45, 2.75) is 8.68 Å². The quantitative estimate of drug-likeness (QED) is 0.833. The smallest absolute Gasteiger partial charge is 0.235 e. The maximum Gasteiger partial charge on any atom is 0.235 e. The molecule has 0 radical (unpaired) electrons. The van der Waals surface area contributed by atoms with Crippen molar-refractivity contribution in [1.29, 1.82) is 0 Å². The molecule has 2 rings (SSSR count). The first-order valence-electron chi connectivity index (χ1n) is 3.81. The highest BCUT2D eigenvalue weighted by atomic mass is 35.5. The van der Waals surface area contributed by atoms with Gasteiger partial charge in [-0.05, 0) is 46.3 Å². The van der Waals surface area contributed by atoms with Crippen LogP contribution in [0.2, 0.25) is 10.6 Å². The Morgan fingerprint density at radius 3 is 1.65 bits per heavy atom. The highest BCUT2D eigenvalue weighted by molar-refractivity contribution is 8.03. The molecule has 0 amide bonds. The monoisotopic (exact) mass is 348 g/mol. The predicted octanol–water partition coefficient (Wildman–Crippen LogP) is 1.57. The Kier molecular flexibility index (Phi) is 4.55. The van der Waals surface area contributed by atoms with Gasteiger partial charge in [-0.25, -0.2) is 0 Å². The Hall–Kier alpha value is -0.000000000000000194. The molecule has 0 N–H and O–H groups in total. The second-order valence-corrected chi connectivity index (χ2v) is 8.26. The van der Waals surface area contributed by atoms with Crippen LogP contribution in [0, 0.1) is 0 Å². The summed E-state index contributed by atoms with van der Waals surface area (Å²) in [5.74, 6) is 0. The van der Waals surface area contributed by atoms with E-state index in [2.05, 4.69) is 18.7 Å². The molecule has 6 nitrogen and oxygen atoms in total. The maximum absolute atomic E-state index is 11.7. The van der Waals surface area contributed by atoms with E-state index in [1.807, 2.05) is 0 Å². The normalized spacial score (nSPS) is 14.7. The number of hydrogen-bond acceptors (Lipinski definition) is 8. The van der Waals surface area contributed by atoms with E-state index >= 15 is 0 Å². The molecule has 0 aliphatic carbocycles. The highest BCUT2D eigenvalue weighted by Crippen LogP contribution is 2.18. The SMILES string of the molecule is O=[S@](C[S@](=O)c1nc(Cl)ns1)c1nc(Cl)ns1. The minimum absolute atomic E-state index is 0.0306. The number of halogens is 2. The van der Waals surface area contributed by atoms with Gasteiger partial charge < -0.3 is 0 Å². The van der Waals surface area contributed by atoms with Crippen LogP contribution >= 0.6 is 46.3 Å². The Morgan fingerprint density at radius 1 is 0.941 bits per heavy atom. The lowest BCUT2D eigenvalue weighted by Crippen LogP contribution is -2.05. The van der Waals surface area contributed by atoms with Gasteiger partial charge in [-0.2, -0.15) is 18.7 Å². The highest BCUT2D eigenvalue weighted by Gasteiger charge is 2.17. The summed E-state index contributed by atoms with van der Waals surface area (Å²) >= 11 is 12.8. The lowest BCUT2D eigenvalue weighted by atomic mass is 11.3. The summed E-state index contributed by atoms with van der Waals surface area (Å²) in [7, 11) is -3.06. The number of aromatic nitrogens is 4. The zero-order valence-corrected chi connectivity index (χ0v) is 12.5. The van der Waals surface area contributed by atoms with Crippen molar-refractivity contribution in [2.75, 3.05) is 5.08 Å². The van der Waals surface area contributed by atoms with Crippen LogP contribution in [0.3, 0.4) is 0 Å². The second kappa shape index (κ2) is 5.76. The van der Waals surface area contributed by atoms with Crippen LogP contribution in [-0.2, 0) is 21.6 Å². The number of rotatable bonds is 4. The zero-order chi connectivity index (χ0) is 12.4. The van der Waals surface area contributed by atoms with Gasteiger partial charge in [-0.3, -0.25) is 8.42 Å². The van der Waals surface area contributed by atoms with Gasteiger partial charge in [0.05, 0.1) is 21.6 Å². The van der Waals surface area contributed by atoms with E-state index in [-0.39, 0.29) is 24.3 Å². The van der Waals surface area contributed by atoms with Crippen molar-refractivity contribution in [1.82, 2.24) is 18.7 Å². The van der Waals surface area contributed by atoms with Crippen molar-refractivity contribution in [3.05, 3.63) is 10.6 Å². The fourth-order valence-electron chi connectivity index (χ4n) is 0.769. The van der Waals surface area contributed by atoms with E-state index < -0.39 is 21.6 Å². The van der Waals surface area contributed by atoms with Gasteiger partial charge in [-0.15, -0.1) is 0 Å². The van der Waals surface area contributed by atoms with Crippen LogP contribution in [0.25, 0.3) is 0 Å². The average Bonchev–Trinajstić information content (AvgIpc) is 2.87.